The van der Waals surface area contributed by atoms with E-state index in [1.807, 2.05) is 17.9 Å². The Morgan fingerprint density at radius 1 is 1.41 bits per heavy atom. The van der Waals surface area contributed by atoms with Crippen LogP contribution in [-0.4, -0.2) is 46.9 Å². The van der Waals surface area contributed by atoms with Crippen LogP contribution in [0.15, 0.2) is 29.6 Å². The van der Waals surface area contributed by atoms with Crippen LogP contribution >= 0.6 is 0 Å². The standard InChI is InChI=1S/C21H22FN7O3/c1-4-28-10-14-13(9-23)15(22)5-6-16(14)32-12(2)11-31-21(27-30-3)18-19(24)26-29-8-7-17(28)25-20(18)29/h5-8,12H,4,10-11H2,1-3H3,(H2,24,26)/b27-21-/t12-/m0/s1. The van der Waals surface area contributed by atoms with E-state index in [4.69, 9.17) is 25.0 Å². The lowest BCUT2D eigenvalue weighted by molar-refractivity contribution is 0.126. The Labute approximate surface area is 183 Å². The Hall–Kier alpha value is -4.07. The number of nitrogen functional groups attached to an aromatic ring is 1. The molecule has 0 unspecified atom stereocenters. The first-order valence-corrected chi connectivity index (χ1v) is 9.99. The number of nitrogens with zero attached hydrogens (tertiary/aromatic N) is 6. The maximum absolute atomic E-state index is 14.4. The molecule has 2 aromatic heterocycles. The van der Waals surface area contributed by atoms with E-state index in [2.05, 4.69) is 10.3 Å². The molecule has 4 rings (SSSR count). The summed E-state index contributed by atoms with van der Waals surface area (Å²) in [6.07, 6.45) is 1.24. The van der Waals surface area contributed by atoms with E-state index in [1.54, 1.807) is 19.2 Å². The summed E-state index contributed by atoms with van der Waals surface area (Å²) < 4.78 is 27.8. The second-order valence-electron chi connectivity index (χ2n) is 7.16. The van der Waals surface area contributed by atoms with Crippen LogP contribution in [0.3, 0.4) is 0 Å². The Morgan fingerprint density at radius 3 is 2.94 bits per heavy atom. The predicted octanol–water partition coefficient (Wildman–Crippen LogP) is 2.45. The third-order valence-electron chi connectivity index (χ3n) is 5.05. The van der Waals surface area contributed by atoms with Gasteiger partial charge >= 0.3 is 0 Å². The van der Waals surface area contributed by atoms with Gasteiger partial charge in [-0.2, -0.15) is 5.26 Å². The van der Waals surface area contributed by atoms with Gasteiger partial charge in [0.25, 0.3) is 5.90 Å². The molecular formula is C21H22FN7O3. The van der Waals surface area contributed by atoms with Crippen LogP contribution in [-0.2, 0) is 16.1 Å². The highest BCUT2D eigenvalue weighted by Gasteiger charge is 2.25. The topological polar surface area (TPSA) is 123 Å². The number of halogens is 1. The monoisotopic (exact) mass is 439 g/mol. The van der Waals surface area contributed by atoms with E-state index in [1.165, 1.54) is 23.8 Å². The Kier molecular flexibility index (Phi) is 5.68. The summed E-state index contributed by atoms with van der Waals surface area (Å²) in [5.74, 6) is 0.645. The number of hydrogen-bond donors (Lipinski definition) is 1. The fraction of sp³-hybridized carbons (Fsp3) is 0.333. The molecule has 0 fully saturated rings. The summed E-state index contributed by atoms with van der Waals surface area (Å²) in [6.45, 7) is 4.55. The molecule has 2 N–H and O–H groups in total. The lowest BCUT2D eigenvalue weighted by atomic mass is 10.1. The predicted molar refractivity (Wildman–Crippen MR) is 115 cm³/mol. The molecule has 1 aromatic carbocycles. The third-order valence-corrected chi connectivity index (χ3v) is 5.05. The molecule has 1 atom stereocenters. The molecule has 11 heteroatoms. The van der Waals surface area contributed by atoms with E-state index in [0.29, 0.717) is 34.9 Å². The van der Waals surface area contributed by atoms with Crippen LogP contribution in [0.5, 0.6) is 5.75 Å². The van der Waals surface area contributed by atoms with Gasteiger partial charge in [-0.05, 0) is 37.2 Å². The van der Waals surface area contributed by atoms with Crippen LogP contribution in [0.4, 0.5) is 16.0 Å². The summed E-state index contributed by atoms with van der Waals surface area (Å²) in [5.41, 5.74) is 7.31. The quantitative estimate of drug-likeness (QED) is 0.604. The van der Waals surface area contributed by atoms with Crippen LogP contribution < -0.4 is 15.4 Å². The zero-order valence-electron chi connectivity index (χ0n) is 17.9. The maximum Gasteiger partial charge on any atom is 0.265 e. The van der Waals surface area contributed by atoms with E-state index in [-0.39, 0.29) is 30.4 Å². The number of rotatable bonds is 2. The van der Waals surface area contributed by atoms with Crippen molar-refractivity contribution < 1.29 is 18.7 Å². The van der Waals surface area contributed by atoms with Crippen molar-refractivity contribution in [1.82, 2.24) is 14.6 Å². The van der Waals surface area contributed by atoms with Gasteiger partial charge in [0.1, 0.15) is 48.8 Å². The summed E-state index contributed by atoms with van der Waals surface area (Å²) in [4.78, 5) is 11.6. The smallest absolute Gasteiger partial charge is 0.265 e. The van der Waals surface area contributed by atoms with Gasteiger partial charge in [-0.25, -0.2) is 13.9 Å². The van der Waals surface area contributed by atoms with Gasteiger partial charge in [0, 0.05) is 24.8 Å². The molecular weight excluding hydrogens is 417 g/mol. The molecule has 0 spiro atoms. The molecule has 32 heavy (non-hydrogen) atoms. The number of benzene rings is 1. The second kappa shape index (κ2) is 8.58. The summed E-state index contributed by atoms with van der Waals surface area (Å²) in [5, 5.41) is 17.8. The van der Waals surface area contributed by atoms with Crippen molar-refractivity contribution in [2.45, 2.75) is 26.5 Å². The Balaban J connectivity index is 1.94. The van der Waals surface area contributed by atoms with E-state index < -0.39 is 11.9 Å². The first-order valence-electron chi connectivity index (χ1n) is 9.99. The van der Waals surface area contributed by atoms with Gasteiger partial charge in [0.05, 0.1) is 5.56 Å². The van der Waals surface area contributed by atoms with Crippen LogP contribution in [0, 0.1) is 17.1 Å². The largest absolute Gasteiger partial charge is 0.487 e. The summed E-state index contributed by atoms with van der Waals surface area (Å²) in [7, 11) is 1.39. The fourth-order valence-corrected chi connectivity index (χ4v) is 3.53. The molecule has 0 amide bonds. The highest BCUT2D eigenvalue weighted by molar-refractivity contribution is 6.04. The van der Waals surface area contributed by atoms with E-state index in [9.17, 15) is 9.65 Å². The van der Waals surface area contributed by atoms with Gasteiger partial charge in [0.2, 0.25) is 0 Å². The molecule has 1 aliphatic heterocycles. The van der Waals surface area contributed by atoms with Crippen molar-refractivity contribution in [3.8, 4) is 11.8 Å². The van der Waals surface area contributed by atoms with Crippen molar-refractivity contribution in [1.29, 1.82) is 5.26 Å². The minimum Gasteiger partial charge on any atom is -0.487 e. The lowest BCUT2D eigenvalue weighted by Gasteiger charge is -2.25. The van der Waals surface area contributed by atoms with E-state index in [0.717, 1.165) is 0 Å². The Morgan fingerprint density at radius 2 is 2.22 bits per heavy atom. The molecule has 3 heterocycles. The fourth-order valence-electron chi connectivity index (χ4n) is 3.53. The molecule has 2 bridgehead atoms. The van der Waals surface area contributed by atoms with Crippen molar-refractivity contribution in [3.63, 3.8) is 0 Å². The Bertz CT molecular complexity index is 1230. The zero-order valence-corrected chi connectivity index (χ0v) is 17.9. The summed E-state index contributed by atoms with van der Waals surface area (Å²) in [6, 6.07) is 6.46. The van der Waals surface area contributed by atoms with Crippen molar-refractivity contribution in [2.24, 2.45) is 5.16 Å². The highest BCUT2D eigenvalue weighted by Crippen LogP contribution is 2.30. The van der Waals surface area contributed by atoms with Gasteiger partial charge in [-0.15, -0.1) is 5.10 Å². The summed E-state index contributed by atoms with van der Waals surface area (Å²) >= 11 is 0. The van der Waals surface area contributed by atoms with E-state index >= 15 is 0 Å². The van der Waals surface area contributed by atoms with Crippen LogP contribution in [0.1, 0.15) is 30.5 Å². The first-order chi connectivity index (χ1) is 15.5. The normalized spacial score (nSPS) is 17.5. The third kappa shape index (κ3) is 3.71. The minimum absolute atomic E-state index is 0.0686. The zero-order chi connectivity index (χ0) is 22.8. The molecule has 0 radical (unpaired) electrons. The molecule has 0 saturated carbocycles. The van der Waals surface area contributed by atoms with Gasteiger partial charge in [-0.3, -0.25) is 0 Å². The van der Waals surface area contributed by atoms with Gasteiger partial charge < -0.3 is 24.9 Å². The minimum atomic E-state index is -0.608. The second-order valence-corrected chi connectivity index (χ2v) is 7.16. The molecule has 0 aliphatic carbocycles. The number of anilines is 2. The van der Waals surface area contributed by atoms with Crippen LogP contribution in [0.2, 0.25) is 0 Å². The average molecular weight is 439 g/mol. The molecule has 10 nitrogen and oxygen atoms in total. The number of nitrogens with two attached hydrogens (primary N) is 1. The number of nitriles is 1. The maximum atomic E-state index is 14.4. The first kappa shape index (κ1) is 21.2. The number of oxime groups is 1. The molecule has 0 saturated heterocycles. The van der Waals surface area contributed by atoms with Crippen molar-refractivity contribution >= 4 is 23.2 Å². The lowest BCUT2D eigenvalue weighted by Crippen LogP contribution is -2.26. The highest BCUT2D eigenvalue weighted by atomic mass is 19.1. The number of ether oxygens (including phenoxy) is 2. The molecule has 3 aromatic rings. The average Bonchev–Trinajstić information content (AvgIpc) is 3.11. The van der Waals surface area contributed by atoms with Crippen molar-refractivity contribution in [3.05, 3.63) is 46.9 Å². The van der Waals surface area contributed by atoms with Gasteiger partial charge in [-0.1, -0.05) is 0 Å². The number of fused-ring (bicyclic) bond motifs is 2. The van der Waals surface area contributed by atoms with Gasteiger partial charge in [0.15, 0.2) is 11.5 Å². The van der Waals surface area contributed by atoms with Crippen LogP contribution in [0.25, 0.3) is 5.65 Å². The number of hydrogen-bond acceptors (Lipinski definition) is 9. The molecule has 1 aliphatic rings. The van der Waals surface area contributed by atoms with Crippen molar-refractivity contribution in [2.75, 3.05) is 30.9 Å². The SMILES string of the molecule is CCN1Cc2c(ccc(F)c2C#N)O[C@@H](C)CO/C(=N\OC)c2c(N)nn3ccc1nc23. The number of aromatic nitrogens is 3. The molecule has 166 valence electrons.